The lowest BCUT2D eigenvalue weighted by Gasteiger charge is -2.20. The van der Waals surface area contributed by atoms with Gasteiger partial charge in [-0.25, -0.2) is 4.39 Å². The van der Waals surface area contributed by atoms with E-state index in [-0.39, 0.29) is 18.3 Å². The van der Waals surface area contributed by atoms with Gasteiger partial charge in [-0.05, 0) is 24.6 Å². The van der Waals surface area contributed by atoms with Gasteiger partial charge in [0.2, 0.25) is 5.91 Å². The maximum atomic E-state index is 13.1. The van der Waals surface area contributed by atoms with E-state index >= 15 is 0 Å². The van der Waals surface area contributed by atoms with Crippen LogP contribution in [0.25, 0.3) is 0 Å². The Hall–Kier alpha value is -1.78. The van der Waals surface area contributed by atoms with Crippen molar-refractivity contribution in [3.8, 4) is 0 Å². The molecule has 0 radical (unpaired) electrons. The number of carbonyl (C=O) groups is 1. The molecule has 0 aliphatic heterocycles. The number of hydrogen-bond donors (Lipinski definition) is 2. The van der Waals surface area contributed by atoms with Crippen molar-refractivity contribution in [3.05, 3.63) is 24.0 Å². The van der Waals surface area contributed by atoms with E-state index in [2.05, 4.69) is 5.32 Å². The lowest BCUT2D eigenvalue weighted by atomic mass is 10.2. The number of nitrogens with two attached hydrogens (primary N) is 1. The number of benzene rings is 1. The van der Waals surface area contributed by atoms with Gasteiger partial charge < -0.3 is 16.0 Å². The van der Waals surface area contributed by atoms with E-state index in [1.54, 1.807) is 11.9 Å². The molecule has 94 valence electrons. The van der Waals surface area contributed by atoms with Crippen LogP contribution in [0.5, 0.6) is 0 Å². The molecule has 0 heterocycles. The molecule has 0 bridgehead atoms. The SMILES string of the molecule is CCCNC(=O)CN(C)c1cc(F)ccc1N. The Balaban J connectivity index is 2.66. The number of amides is 1. The monoisotopic (exact) mass is 239 g/mol. The van der Waals surface area contributed by atoms with Gasteiger partial charge in [0.1, 0.15) is 5.82 Å². The molecule has 4 nitrogen and oxygen atoms in total. The second kappa shape index (κ2) is 6.08. The van der Waals surface area contributed by atoms with Crippen LogP contribution in [0, 0.1) is 5.82 Å². The van der Waals surface area contributed by atoms with Crippen LogP contribution in [0.1, 0.15) is 13.3 Å². The van der Waals surface area contributed by atoms with E-state index in [1.807, 2.05) is 6.92 Å². The first-order chi connectivity index (χ1) is 8.04. The highest BCUT2D eigenvalue weighted by Crippen LogP contribution is 2.22. The second-order valence-corrected chi connectivity index (χ2v) is 3.91. The van der Waals surface area contributed by atoms with Crippen LogP contribution in [0.3, 0.4) is 0 Å². The summed E-state index contributed by atoms with van der Waals surface area (Å²) in [7, 11) is 1.71. The van der Waals surface area contributed by atoms with Crippen molar-refractivity contribution in [2.45, 2.75) is 13.3 Å². The van der Waals surface area contributed by atoms with E-state index < -0.39 is 0 Å². The highest BCUT2D eigenvalue weighted by molar-refractivity contribution is 5.82. The average molecular weight is 239 g/mol. The van der Waals surface area contributed by atoms with Crippen molar-refractivity contribution in [3.63, 3.8) is 0 Å². The molecule has 1 rings (SSSR count). The number of hydrogen-bond acceptors (Lipinski definition) is 3. The molecule has 0 atom stereocenters. The Morgan fingerprint density at radius 1 is 1.53 bits per heavy atom. The number of rotatable bonds is 5. The zero-order valence-electron chi connectivity index (χ0n) is 10.2. The van der Waals surface area contributed by atoms with Gasteiger partial charge in [-0.15, -0.1) is 0 Å². The summed E-state index contributed by atoms with van der Waals surface area (Å²) in [6, 6.07) is 4.11. The Morgan fingerprint density at radius 3 is 2.88 bits per heavy atom. The Labute approximate surface area is 101 Å². The molecule has 1 aromatic rings. The van der Waals surface area contributed by atoms with E-state index in [0.29, 0.717) is 17.9 Å². The molecule has 3 N–H and O–H groups in total. The molecule has 0 aromatic heterocycles. The standard InChI is InChI=1S/C12H18FN3O/c1-3-6-15-12(17)8-16(2)11-7-9(13)4-5-10(11)14/h4-5,7H,3,6,8,14H2,1-2H3,(H,15,17). The quantitative estimate of drug-likeness (QED) is 0.763. The van der Waals surface area contributed by atoms with Crippen LogP contribution in [-0.2, 0) is 4.79 Å². The minimum absolute atomic E-state index is 0.0991. The Kier molecular flexibility index (Phi) is 4.75. The molecule has 0 spiro atoms. The smallest absolute Gasteiger partial charge is 0.239 e. The van der Waals surface area contributed by atoms with Gasteiger partial charge in [-0.3, -0.25) is 4.79 Å². The molecule has 0 unspecified atom stereocenters. The summed E-state index contributed by atoms with van der Waals surface area (Å²) in [5, 5.41) is 2.75. The van der Waals surface area contributed by atoms with Crippen molar-refractivity contribution >= 4 is 17.3 Å². The number of likely N-dealkylation sites (N-methyl/N-ethyl adjacent to an activating group) is 1. The molecule has 5 heteroatoms. The summed E-state index contributed by atoms with van der Waals surface area (Å²) in [6.45, 7) is 2.79. The van der Waals surface area contributed by atoms with Gasteiger partial charge in [0.15, 0.2) is 0 Å². The second-order valence-electron chi connectivity index (χ2n) is 3.91. The highest BCUT2D eigenvalue weighted by Gasteiger charge is 2.10. The zero-order chi connectivity index (χ0) is 12.8. The van der Waals surface area contributed by atoms with Gasteiger partial charge in [0, 0.05) is 13.6 Å². The minimum Gasteiger partial charge on any atom is -0.397 e. The third kappa shape index (κ3) is 3.94. The predicted molar refractivity (Wildman–Crippen MR) is 67.4 cm³/mol. The summed E-state index contributed by atoms with van der Waals surface area (Å²) in [5.41, 5.74) is 6.71. The number of carbonyl (C=O) groups excluding carboxylic acids is 1. The summed E-state index contributed by atoms with van der Waals surface area (Å²) >= 11 is 0. The van der Waals surface area contributed by atoms with Gasteiger partial charge in [-0.1, -0.05) is 6.92 Å². The summed E-state index contributed by atoms with van der Waals surface area (Å²) in [6.07, 6.45) is 0.886. The van der Waals surface area contributed by atoms with Crippen LogP contribution in [0.15, 0.2) is 18.2 Å². The van der Waals surface area contributed by atoms with Crippen LogP contribution in [0.4, 0.5) is 15.8 Å². The van der Waals surface area contributed by atoms with Crippen molar-refractivity contribution < 1.29 is 9.18 Å². The first kappa shape index (κ1) is 13.3. The van der Waals surface area contributed by atoms with E-state index in [9.17, 15) is 9.18 Å². The average Bonchev–Trinajstić information content (AvgIpc) is 2.29. The number of halogens is 1. The first-order valence-corrected chi connectivity index (χ1v) is 5.57. The Morgan fingerprint density at radius 2 is 2.24 bits per heavy atom. The molecule has 0 saturated heterocycles. The van der Waals surface area contributed by atoms with E-state index in [4.69, 9.17) is 5.73 Å². The zero-order valence-corrected chi connectivity index (χ0v) is 10.2. The molecule has 0 fully saturated rings. The number of nitrogens with one attached hydrogen (secondary N) is 1. The summed E-state index contributed by atoms with van der Waals surface area (Å²) in [5.74, 6) is -0.465. The molecule has 1 amide bonds. The number of anilines is 2. The largest absolute Gasteiger partial charge is 0.397 e. The minimum atomic E-state index is -0.366. The fraction of sp³-hybridized carbons (Fsp3) is 0.417. The van der Waals surface area contributed by atoms with E-state index in [1.165, 1.54) is 18.2 Å². The molecule has 1 aromatic carbocycles. The van der Waals surface area contributed by atoms with Gasteiger partial charge >= 0.3 is 0 Å². The fourth-order valence-electron chi connectivity index (χ4n) is 1.47. The summed E-state index contributed by atoms with van der Waals surface area (Å²) < 4.78 is 13.1. The Bertz CT molecular complexity index is 395. The third-order valence-corrected chi connectivity index (χ3v) is 2.36. The normalized spacial score (nSPS) is 10.1. The van der Waals surface area contributed by atoms with Gasteiger partial charge in [-0.2, -0.15) is 0 Å². The maximum absolute atomic E-state index is 13.1. The molecule has 0 aliphatic rings. The maximum Gasteiger partial charge on any atom is 0.239 e. The molecule has 0 saturated carbocycles. The van der Waals surface area contributed by atoms with Crippen molar-refractivity contribution in [1.29, 1.82) is 0 Å². The molecule has 17 heavy (non-hydrogen) atoms. The van der Waals surface area contributed by atoms with Crippen molar-refractivity contribution in [1.82, 2.24) is 5.32 Å². The topological polar surface area (TPSA) is 58.4 Å². The fourth-order valence-corrected chi connectivity index (χ4v) is 1.47. The van der Waals surface area contributed by atoms with Crippen molar-refractivity contribution in [2.75, 3.05) is 30.8 Å². The van der Waals surface area contributed by atoms with E-state index in [0.717, 1.165) is 6.42 Å². The molecular formula is C12H18FN3O. The van der Waals surface area contributed by atoms with Crippen molar-refractivity contribution in [2.24, 2.45) is 0 Å². The van der Waals surface area contributed by atoms with Crippen LogP contribution >= 0.6 is 0 Å². The lowest BCUT2D eigenvalue weighted by Crippen LogP contribution is -2.35. The van der Waals surface area contributed by atoms with Crippen LogP contribution < -0.4 is 16.0 Å². The summed E-state index contributed by atoms with van der Waals surface area (Å²) in [4.78, 5) is 13.1. The predicted octanol–water partition coefficient (Wildman–Crippen LogP) is 1.37. The van der Waals surface area contributed by atoms with Crippen LogP contribution in [0.2, 0.25) is 0 Å². The first-order valence-electron chi connectivity index (χ1n) is 5.57. The molecular weight excluding hydrogens is 221 g/mol. The number of nitrogens with zero attached hydrogens (tertiary/aromatic N) is 1. The third-order valence-electron chi connectivity index (χ3n) is 2.36. The number of nitrogen functional groups attached to an aromatic ring is 1. The van der Waals surface area contributed by atoms with Gasteiger partial charge in [0.25, 0.3) is 0 Å². The van der Waals surface area contributed by atoms with Gasteiger partial charge in [0.05, 0.1) is 17.9 Å². The molecule has 0 aliphatic carbocycles. The van der Waals surface area contributed by atoms with Crippen LogP contribution in [-0.4, -0.2) is 26.0 Å². The highest BCUT2D eigenvalue weighted by atomic mass is 19.1. The lowest BCUT2D eigenvalue weighted by molar-refractivity contribution is -0.119.